The van der Waals surface area contributed by atoms with Crippen molar-refractivity contribution in [1.82, 2.24) is 19.9 Å². The first-order valence-corrected chi connectivity index (χ1v) is 14.6. The first kappa shape index (κ1) is 32.1. The summed E-state index contributed by atoms with van der Waals surface area (Å²) in [5.41, 5.74) is 0.162. The lowest BCUT2D eigenvalue weighted by Crippen LogP contribution is -2.57. The van der Waals surface area contributed by atoms with E-state index in [0.717, 1.165) is 30.7 Å². The van der Waals surface area contributed by atoms with Crippen LogP contribution in [0.3, 0.4) is 0 Å². The lowest BCUT2D eigenvalue weighted by Gasteiger charge is -2.43. The minimum absolute atomic E-state index is 0.0427. The molecule has 0 aliphatic carbocycles. The van der Waals surface area contributed by atoms with E-state index in [0.29, 0.717) is 19.5 Å². The van der Waals surface area contributed by atoms with E-state index in [1.54, 1.807) is 4.90 Å². The van der Waals surface area contributed by atoms with Gasteiger partial charge >= 0.3 is 6.09 Å². The maximum absolute atomic E-state index is 13.8. The van der Waals surface area contributed by atoms with Crippen LogP contribution < -0.4 is 0 Å². The van der Waals surface area contributed by atoms with Gasteiger partial charge in [0.1, 0.15) is 41.8 Å². The highest BCUT2D eigenvalue weighted by molar-refractivity contribution is 5.86. The molecule has 0 saturated carbocycles. The largest absolute Gasteiger partial charge is 0.444 e. The Kier molecular flexibility index (Phi) is 9.49. The number of hydrogen-bond acceptors (Lipinski definition) is 10. The van der Waals surface area contributed by atoms with Crippen molar-refractivity contribution in [2.75, 3.05) is 26.8 Å². The van der Waals surface area contributed by atoms with Crippen LogP contribution >= 0.6 is 0 Å². The average Bonchev–Trinajstić information content (AvgIpc) is 3.66. The minimum Gasteiger partial charge on any atom is -0.444 e. The summed E-state index contributed by atoms with van der Waals surface area (Å²) in [5.74, 6) is -4.15. The van der Waals surface area contributed by atoms with Gasteiger partial charge in [-0.25, -0.2) is 22.6 Å². The summed E-state index contributed by atoms with van der Waals surface area (Å²) in [6.07, 6.45) is -0.568. The molecule has 2 aromatic rings. The van der Waals surface area contributed by atoms with Gasteiger partial charge in [0.05, 0.1) is 24.6 Å². The smallest absolute Gasteiger partial charge is 0.410 e. The number of carbonyl (C=O) groups excluding carboxylic acids is 1. The number of methoxy groups -OCH3 is 1. The number of aliphatic hydroxyl groups is 2. The molecule has 4 heterocycles. The molecule has 1 aromatic carbocycles. The second-order valence-electron chi connectivity index (χ2n) is 12.4. The van der Waals surface area contributed by atoms with E-state index in [1.165, 1.54) is 18.0 Å². The summed E-state index contributed by atoms with van der Waals surface area (Å²) < 4.78 is 59.7. The van der Waals surface area contributed by atoms with Crippen molar-refractivity contribution in [1.29, 1.82) is 0 Å². The molecule has 2 N–H and O–H groups in total. The van der Waals surface area contributed by atoms with Gasteiger partial charge in [-0.1, -0.05) is 10.4 Å². The number of piperidine rings is 1. The van der Waals surface area contributed by atoms with Crippen molar-refractivity contribution in [2.24, 2.45) is 11.1 Å². The standard InChI is InChI=1S/C29H38F3N5O7/c1-29(2,3)43-28(40)36-7-5-15(6-8-36)21-11-17(34-44-21)12-22-27(41-4)25(26(39)23(14-38)42-22)37-13-20(33-35-37)16-9-18(30)24(32)19(31)10-16/h9-10,13,15,21-23,25-27,38-39H,5-8,11-12,14H2,1-4H3/t21?,22-,23-,25+,26+,27+/m1/s1. The van der Waals surface area contributed by atoms with Crippen LogP contribution in [-0.4, -0.2) is 105 Å². The summed E-state index contributed by atoms with van der Waals surface area (Å²) >= 11 is 0. The molecule has 0 spiro atoms. The van der Waals surface area contributed by atoms with E-state index in [-0.39, 0.29) is 35.8 Å². The number of nitrogens with zero attached hydrogens (tertiary/aromatic N) is 5. The molecular weight excluding hydrogens is 587 g/mol. The summed E-state index contributed by atoms with van der Waals surface area (Å²) in [6, 6.07) is 0.704. The number of ether oxygens (including phenoxy) is 3. The molecule has 1 aromatic heterocycles. The minimum atomic E-state index is -1.60. The Morgan fingerprint density at radius 3 is 2.43 bits per heavy atom. The van der Waals surface area contributed by atoms with E-state index in [9.17, 15) is 28.2 Å². The SMILES string of the molecule is CO[C@@H]1[C@@H](n2cc(-c3cc(F)c(F)c(F)c3)nn2)[C@@H](O)[C@@H](CO)O[C@@H]1CC1=NOC(C2CCN(C(=O)OC(C)(C)C)CC2)C1. The van der Waals surface area contributed by atoms with Crippen LogP contribution in [-0.2, 0) is 19.0 Å². The van der Waals surface area contributed by atoms with Crippen molar-refractivity contribution in [3.05, 3.63) is 35.8 Å². The van der Waals surface area contributed by atoms with Gasteiger partial charge < -0.3 is 34.2 Å². The van der Waals surface area contributed by atoms with E-state index in [1.807, 2.05) is 20.8 Å². The zero-order valence-electron chi connectivity index (χ0n) is 25.0. The van der Waals surface area contributed by atoms with Crippen LogP contribution in [0.15, 0.2) is 23.5 Å². The van der Waals surface area contributed by atoms with Crippen molar-refractivity contribution in [3.63, 3.8) is 0 Å². The van der Waals surface area contributed by atoms with Gasteiger partial charge in [-0.3, -0.25) is 0 Å². The first-order valence-electron chi connectivity index (χ1n) is 14.6. The maximum Gasteiger partial charge on any atom is 0.410 e. The number of amides is 1. The number of oxime groups is 1. The Balaban J connectivity index is 1.24. The van der Waals surface area contributed by atoms with Gasteiger partial charge in [0.15, 0.2) is 17.5 Å². The summed E-state index contributed by atoms with van der Waals surface area (Å²) in [4.78, 5) is 19.9. The first-order chi connectivity index (χ1) is 20.9. The molecule has 2 fully saturated rings. The Labute approximate surface area is 252 Å². The predicted octanol–water partition coefficient (Wildman–Crippen LogP) is 3.22. The third kappa shape index (κ3) is 6.85. The number of carbonyl (C=O) groups is 1. The van der Waals surface area contributed by atoms with E-state index in [4.69, 9.17) is 19.0 Å². The Morgan fingerprint density at radius 1 is 1.14 bits per heavy atom. The molecule has 0 bridgehead atoms. The third-order valence-corrected chi connectivity index (χ3v) is 8.24. The molecular formula is C29H38F3N5O7. The zero-order chi connectivity index (χ0) is 31.8. The highest BCUT2D eigenvalue weighted by atomic mass is 19.2. The van der Waals surface area contributed by atoms with Crippen LogP contribution in [0.1, 0.15) is 52.5 Å². The lowest BCUT2D eigenvalue weighted by molar-refractivity contribution is -0.210. The van der Waals surface area contributed by atoms with Crippen molar-refractivity contribution < 1.29 is 47.2 Å². The van der Waals surface area contributed by atoms with Crippen LogP contribution in [0, 0.1) is 23.4 Å². The number of benzene rings is 1. The molecule has 0 radical (unpaired) electrons. The summed E-state index contributed by atoms with van der Waals surface area (Å²) in [5, 5.41) is 33.4. The van der Waals surface area contributed by atoms with Crippen LogP contribution in [0.25, 0.3) is 11.3 Å². The normalized spacial score (nSPS) is 28.1. The van der Waals surface area contributed by atoms with Gasteiger partial charge in [-0.2, -0.15) is 0 Å². The molecule has 3 aliphatic rings. The van der Waals surface area contributed by atoms with Gasteiger partial charge in [0, 0.05) is 44.5 Å². The fourth-order valence-electron chi connectivity index (χ4n) is 6.02. The van der Waals surface area contributed by atoms with E-state index < -0.39 is 60.1 Å². The van der Waals surface area contributed by atoms with Gasteiger partial charge in [0.25, 0.3) is 0 Å². The molecule has 15 heteroatoms. The Hall–Kier alpha value is -3.27. The van der Waals surface area contributed by atoms with Gasteiger partial charge in [-0.15, -0.1) is 5.10 Å². The van der Waals surface area contributed by atoms with E-state index in [2.05, 4.69) is 15.5 Å². The van der Waals surface area contributed by atoms with Gasteiger partial charge in [0.2, 0.25) is 0 Å². The number of aromatic nitrogens is 3. The molecule has 1 amide bonds. The molecule has 44 heavy (non-hydrogen) atoms. The quantitative estimate of drug-likeness (QED) is 0.444. The monoisotopic (exact) mass is 625 g/mol. The summed E-state index contributed by atoms with van der Waals surface area (Å²) in [7, 11) is 1.44. The van der Waals surface area contributed by atoms with Crippen LogP contribution in [0.2, 0.25) is 0 Å². The molecule has 2 saturated heterocycles. The molecule has 5 rings (SSSR count). The van der Waals surface area contributed by atoms with E-state index >= 15 is 0 Å². The number of rotatable bonds is 7. The van der Waals surface area contributed by atoms with Crippen molar-refractivity contribution in [3.8, 4) is 11.3 Å². The third-order valence-electron chi connectivity index (χ3n) is 8.24. The molecule has 12 nitrogen and oxygen atoms in total. The Bertz CT molecular complexity index is 1340. The number of halogens is 3. The zero-order valence-corrected chi connectivity index (χ0v) is 25.0. The van der Waals surface area contributed by atoms with Crippen molar-refractivity contribution >= 4 is 11.8 Å². The second-order valence-corrected chi connectivity index (χ2v) is 12.4. The number of hydrogen-bond donors (Lipinski definition) is 2. The fraction of sp³-hybridized carbons (Fsp3) is 0.655. The molecule has 6 atom stereocenters. The average molecular weight is 626 g/mol. The maximum atomic E-state index is 13.8. The second kappa shape index (κ2) is 13.0. The topological polar surface area (TPSA) is 141 Å². The van der Waals surface area contributed by atoms with Crippen molar-refractivity contribution in [2.45, 2.75) is 88.6 Å². The molecule has 1 unspecified atom stereocenters. The predicted molar refractivity (Wildman–Crippen MR) is 149 cm³/mol. The fourth-order valence-corrected chi connectivity index (χ4v) is 6.02. The molecule has 242 valence electrons. The van der Waals surface area contributed by atoms with Crippen LogP contribution in [0.5, 0.6) is 0 Å². The highest BCUT2D eigenvalue weighted by Crippen LogP contribution is 2.36. The number of likely N-dealkylation sites (tertiary alicyclic amines) is 1. The lowest BCUT2D eigenvalue weighted by atomic mass is 9.86. The van der Waals surface area contributed by atoms with Gasteiger partial charge in [-0.05, 0) is 45.7 Å². The molecule has 3 aliphatic heterocycles. The Morgan fingerprint density at radius 2 is 1.82 bits per heavy atom. The summed E-state index contributed by atoms with van der Waals surface area (Å²) in [6.45, 7) is 6.12. The highest BCUT2D eigenvalue weighted by Gasteiger charge is 2.48. The van der Waals surface area contributed by atoms with Crippen LogP contribution in [0.4, 0.5) is 18.0 Å². The number of aliphatic hydroxyl groups excluding tert-OH is 2.